The largest absolute Gasteiger partial charge is 0.372 e. The van der Waals surface area contributed by atoms with Crippen molar-refractivity contribution in [1.29, 1.82) is 0 Å². The molecule has 0 aliphatic heterocycles. The number of hydrogen-bond donors (Lipinski definition) is 1. The van der Waals surface area contributed by atoms with E-state index in [4.69, 9.17) is 0 Å². The molecule has 0 saturated carbocycles. The minimum absolute atomic E-state index is 0.741. The zero-order valence-electron chi connectivity index (χ0n) is 7.68. The van der Waals surface area contributed by atoms with E-state index in [0.717, 1.165) is 17.1 Å². The summed E-state index contributed by atoms with van der Waals surface area (Å²) in [5.41, 5.74) is 1.63. The van der Waals surface area contributed by atoms with Crippen LogP contribution in [0.25, 0.3) is 11.3 Å². The lowest BCUT2D eigenvalue weighted by molar-refractivity contribution is 1.14. The summed E-state index contributed by atoms with van der Waals surface area (Å²) in [5.74, 6) is 0.741. The van der Waals surface area contributed by atoms with Gasteiger partial charge in [0.05, 0.1) is 18.1 Å². The van der Waals surface area contributed by atoms with Gasteiger partial charge >= 0.3 is 0 Å². The van der Waals surface area contributed by atoms with E-state index in [9.17, 15) is 0 Å². The summed E-state index contributed by atoms with van der Waals surface area (Å²) < 4.78 is 0. The molecule has 2 aromatic heterocycles. The second-order valence-corrected chi connectivity index (χ2v) is 2.66. The third-order valence-electron chi connectivity index (χ3n) is 1.76. The highest BCUT2D eigenvalue weighted by molar-refractivity contribution is 5.55. The van der Waals surface area contributed by atoms with Crippen LogP contribution >= 0.6 is 0 Å². The van der Waals surface area contributed by atoms with Crippen LogP contribution in [0.3, 0.4) is 0 Å². The van der Waals surface area contributed by atoms with Crippen LogP contribution in [0.4, 0.5) is 5.82 Å². The Labute approximate surface area is 81.3 Å². The van der Waals surface area contributed by atoms with Gasteiger partial charge in [-0.05, 0) is 0 Å². The van der Waals surface area contributed by atoms with Crippen molar-refractivity contribution in [3.8, 4) is 11.3 Å². The van der Waals surface area contributed by atoms with Crippen LogP contribution in [0.2, 0.25) is 0 Å². The molecule has 0 amide bonds. The summed E-state index contributed by atoms with van der Waals surface area (Å²) in [6, 6.07) is 0. The molecule has 0 radical (unpaired) electrons. The number of nitrogens with zero attached hydrogens (tertiary/aromatic N) is 4. The molecule has 0 fully saturated rings. The van der Waals surface area contributed by atoms with Gasteiger partial charge in [-0.25, -0.2) is 15.0 Å². The Bertz CT molecular complexity index is 397. The van der Waals surface area contributed by atoms with Gasteiger partial charge in [0.2, 0.25) is 0 Å². The average Bonchev–Trinajstić information content (AvgIpc) is 2.30. The Kier molecular flexibility index (Phi) is 2.31. The Morgan fingerprint density at radius 3 is 2.36 bits per heavy atom. The molecule has 70 valence electrons. The zero-order valence-corrected chi connectivity index (χ0v) is 7.68. The molecule has 0 saturated heterocycles. The fraction of sp³-hybridized carbons (Fsp3) is 0.111. The van der Waals surface area contributed by atoms with Crippen molar-refractivity contribution in [2.75, 3.05) is 12.4 Å². The maximum atomic E-state index is 4.21. The van der Waals surface area contributed by atoms with E-state index in [-0.39, 0.29) is 0 Å². The quantitative estimate of drug-likeness (QED) is 0.759. The standard InChI is InChI=1S/C9H9N5/c1-10-9-5-13-8(4-14-9)7-2-11-6-12-3-7/h2-6H,1H3,(H,10,14). The van der Waals surface area contributed by atoms with Crippen LogP contribution in [0.1, 0.15) is 0 Å². The lowest BCUT2D eigenvalue weighted by Gasteiger charge is -2.00. The molecule has 2 heterocycles. The second-order valence-electron chi connectivity index (χ2n) is 2.66. The summed E-state index contributed by atoms with van der Waals surface area (Å²) in [6.07, 6.45) is 8.25. The first-order valence-corrected chi connectivity index (χ1v) is 4.15. The second kappa shape index (κ2) is 3.78. The molecule has 14 heavy (non-hydrogen) atoms. The number of aromatic nitrogens is 4. The number of rotatable bonds is 2. The van der Waals surface area contributed by atoms with E-state index in [0.29, 0.717) is 0 Å². The molecule has 0 aromatic carbocycles. The molecule has 1 N–H and O–H groups in total. The summed E-state index contributed by atoms with van der Waals surface area (Å²) in [4.78, 5) is 16.2. The van der Waals surface area contributed by atoms with Crippen LogP contribution in [-0.2, 0) is 0 Å². The summed E-state index contributed by atoms with van der Waals surface area (Å²) >= 11 is 0. The van der Waals surface area contributed by atoms with Crippen LogP contribution in [0.5, 0.6) is 0 Å². The van der Waals surface area contributed by atoms with Crippen molar-refractivity contribution in [2.45, 2.75) is 0 Å². The van der Waals surface area contributed by atoms with Crippen molar-refractivity contribution < 1.29 is 0 Å². The highest BCUT2D eigenvalue weighted by Gasteiger charge is 1.99. The van der Waals surface area contributed by atoms with E-state index >= 15 is 0 Å². The van der Waals surface area contributed by atoms with Gasteiger partial charge in [-0.3, -0.25) is 4.98 Å². The average molecular weight is 187 g/mol. The fourth-order valence-electron chi connectivity index (χ4n) is 1.04. The molecule has 0 spiro atoms. The van der Waals surface area contributed by atoms with Crippen molar-refractivity contribution in [3.05, 3.63) is 31.1 Å². The Balaban J connectivity index is 2.34. The number of nitrogens with one attached hydrogen (secondary N) is 1. The molecule has 5 nitrogen and oxygen atoms in total. The zero-order chi connectivity index (χ0) is 9.80. The lowest BCUT2D eigenvalue weighted by atomic mass is 10.2. The topological polar surface area (TPSA) is 63.6 Å². The maximum absolute atomic E-state index is 4.21. The van der Waals surface area contributed by atoms with Crippen molar-refractivity contribution in [1.82, 2.24) is 19.9 Å². The van der Waals surface area contributed by atoms with Crippen molar-refractivity contribution >= 4 is 5.82 Å². The van der Waals surface area contributed by atoms with Crippen molar-refractivity contribution in [2.24, 2.45) is 0 Å². The third-order valence-corrected chi connectivity index (χ3v) is 1.76. The molecule has 2 aromatic rings. The first-order valence-electron chi connectivity index (χ1n) is 4.15. The van der Waals surface area contributed by atoms with Gasteiger partial charge < -0.3 is 5.32 Å². The molecule has 2 rings (SSSR count). The molecular formula is C9H9N5. The van der Waals surface area contributed by atoms with Gasteiger partial charge in [0, 0.05) is 25.0 Å². The molecule has 0 aliphatic carbocycles. The van der Waals surface area contributed by atoms with Crippen LogP contribution in [0.15, 0.2) is 31.1 Å². The Hall–Kier alpha value is -2.04. The van der Waals surface area contributed by atoms with Crippen LogP contribution in [0, 0.1) is 0 Å². The van der Waals surface area contributed by atoms with Gasteiger partial charge in [-0.2, -0.15) is 0 Å². The van der Waals surface area contributed by atoms with Gasteiger partial charge in [0.15, 0.2) is 0 Å². The fourth-order valence-corrected chi connectivity index (χ4v) is 1.04. The molecule has 0 bridgehead atoms. The highest BCUT2D eigenvalue weighted by Crippen LogP contribution is 2.13. The van der Waals surface area contributed by atoms with Gasteiger partial charge in [-0.15, -0.1) is 0 Å². The Morgan fingerprint density at radius 1 is 1.00 bits per heavy atom. The minimum atomic E-state index is 0.741. The minimum Gasteiger partial charge on any atom is -0.372 e. The monoisotopic (exact) mass is 187 g/mol. The maximum Gasteiger partial charge on any atom is 0.144 e. The number of hydrogen-bond acceptors (Lipinski definition) is 5. The van der Waals surface area contributed by atoms with Crippen LogP contribution < -0.4 is 5.32 Å². The van der Waals surface area contributed by atoms with E-state index in [2.05, 4.69) is 25.3 Å². The molecular weight excluding hydrogens is 178 g/mol. The third kappa shape index (κ3) is 1.66. The predicted octanol–water partition coefficient (Wildman–Crippen LogP) is 0.975. The normalized spacial score (nSPS) is 9.79. The summed E-state index contributed by atoms with van der Waals surface area (Å²) in [7, 11) is 1.80. The first kappa shape index (κ1) is 8.55. The van der Waals surface area contributed by atoms with Gasteiger partial charge in [0.25, 0.3) is 0 Å². The number of anilines is 1. The van der Waals surface area contributed by atoms with Crippen molar-refractivity contribution in [3.63, 3.8) is 0 Å². The summed E-state index contributed by atoms with van der Waals surface area (Å²) in [6.45, 7) is 0. The van der Waals surface area contributed by atoms with Gasteiger partial charge in [0.1, 0.15) is 12.1 Å². The van der Waals surface area contributed by atoms with E-state index in [1.165, 1.54) is 6.33 Å². The predicted molar refractivity (Wildman–Crippen MR) is 52.6 cm³/mol. The van der Waals surface area contributed by atoms with E-state index < -0.39 is 0 Å². The molecule has 5 heteroatoms. The Morgan fingerprint density at radius 2 is 1.79 bits per heavy atom. The van der Waals surface area contributed by atoms with E-state index in [1.54, 1.807) is 31.8 Å². The molecule has 0 unspecified atom stereocenters. The highest BCUT2D eigenvalue weighted by atomic mass is 15.0. The lowest BCUT2D eigenvalue weighted by Crippen LogP contribution is -1.94. The van der Waals surface area contributed by atoms with E-state index in [1.807, 2.05) is 0 Å². The molecule has 0 aliphatic rings. The smallest absolute Gasteiger partial charge is 0.144 e. The first-order chi connectivity index (χ1) is 6.90. The summed E-state index contributed by atoms with van der Waals surface area (Å²) in [5, 5.41) is 2.90. The molecule has 0 atom stereocenters. The van der Waals surface area contributed by atoms with Gasteiger partial charge in [-0.1, -0.05) is 0 Å². The van der Waals surface area contributed by atoms with Crippen LogP contribution in [-0.4, -0.2) is 27.0 Å². The SMILES string of the molecule is CNc1cnc(-c2cncnc2)cn1.